The standard InChI is InChI=1S/C18H25N3O3/c1-12(2)15-11-14(20-21(15)3)18(22)19-9-8-13-6-7-16(23-4)17(10-13)24-5/h6-7,10-12H,8-9H2,1-5H3,(H,19,22). The smallest absolute Gasteiger partial charge is 0.271 e. The molecule has 1 aromatic carbocycles. The molecule has 0 aliphatic carbocycles. The summed E-state index contributed by atoms with van der Waals surface area (Å²) in [6.07, 6.45) is 0.704. The predicted octanol–water partition coefficient (Wildman–Crippen LogP) is 2.53. The molecule has 0 aliphatic rings. The number of nitrogens with one attached hydrogen (secondary N) is 1. The van der Waals surface area contributed by atoms with E-state index in [9.17, 15) is 4.79 Å². The molecule has 6 nitrogen and oxygen atoms in total. The summed E-state index contributed by atoms with van der Waals surface area (Å²) in [5, 5.41) is 7.18. The van der Waals surface area contributed by atoms with Gasteiger partial charge in [-0.25, -0.2) is 0 Å². The summed E-state index contributed by atoms with van der Waals surface area (Å²) in [7, 11) is 5.07. The third kappa shape index (κ3) is 4.07. The lowest BCUT2D eigenvalue weighted by Gasteiger charge is -2.09. The quantitative estimate of drug-likeness (QED) is 0.847. The highest BCUT2D eigenvalue weighted by Crippen LogP contribution is 2.27. The molecule has 1 amide bonds. The molecule has 0 fully saturated rings. The minimum absolute atomic E-state index is 0.155. The molecule has 0 bridgehead atoms. The zero-order chi connectivity index (χ0) is 17.7. The summed E-state index contributed by atoms with van der Waals surface area (Å²) >= 11 is 0. The number of rotatable bonds is 7. The van der Waals surface area contributed by atoms with Gasteiger partial charge < -0.3 is 14.8 Å². The van der Waals surface area contributed by atoms with E-state index in [0.29, 0.717) is 36.1 Å². The first-order valence-corrected chi connectivity index (χ1v) is 7.99. The minimum Gasteiger partial charge on any atom is -0.493 e. The van der Waals surface area contributed by atoms with Crippen molar-refractivity contribution in [3.8, 4) is 11.5 Å². The van der Waals surface area contributed by atoms with Crippen LogP contribution in [0.5, 0.6) is 11.5 Å². The largest absolute Gasteiger partial charge is 0.493 e. The second-order valence-corrected chi connectivity index (χ2v) is 5.93. The molecule has 2 aromatic rings. The molecule has 0 unspecified atom stereocenters. The van der Waals surface area contributed by atoms with Crippen molar-refractivity contribution in [3.63, 3.8) is 0 Å². The van der Waals surface area contributed by atoms with Gasteiger partial charge in [-0.15, -0.1) is 0 Å². The summed E-state index contributed by atoms with van der Waals surface area (Å²) in [6, 6.07) is 7.59. The first-order chi connectivity index (χ1) is 11.5. The van der Waals surface area contributed by atoms with Crippen LogP contribution in [0.25, 0.3) is 0 Å². The van der Waals surface area contributed by atoms with Crippen molar-refractivity contribution in [2.45, 2.75) is 26.2 Å². The van der Waals surface area contributed by atoms with E-state index in [4.69, 9.17) is 9.47 Å². The summed E-state index contributed by atoms with van der Waals surface area (Å²) in [4.78, 5) is 12.2. The van der Waals surface area contributed by atoms with Gasteiger partial charge in [-0.3, -0.25) is 9.48 Å². The minimum atomic E-state index is -0.155. The highest BCUT2D eigenvalue weighted by molar-refractivity contribution is 5.92. The van der Waals surface area contributed by atoms with E-state index in [-0.39, 0.29) is 5.91 Å². The molecule has 130 valence electrons. The van der Waals surface area contributed by atoms with Crippen molar-refractivity contribution in [3.05, 3.63) is 41.2 Å². The number of hydrogen-bond acceptors (Lipinski definition) is 4. The molecule has 0 saturated carbocycles. The molecule has 6 heteroatoms. The number of benzene rings is 1. The molecule has 0 radical (unpaired) electrons. The Kier molecular flexibility index (Phi) is 5.84. The Labute approximate surface area is 142 Å². The third-order valence-corrected chi connectivity index (χ3v) is 3.89. The number of carbonyl (C=O) groups excluding carboxylic acids is 1. The van der Waals surface area contributed by atoms with E-state index in [2.05, 4.69) is 24.3 Å². The maximum Gasteiger partial charge on any atom is 0.271 e. The lowest BCUT2D eigenvalue weighted by molar-refractivity contribution is 0.0948. The summed E-state index contributed by atoms with van der Waals surface area (Å²) in [5.74, 6) is 1.56. The number of carbonyl (C=O) groups is 1. The molecule has 0 spiro atoms. The summed E-state index contributed by atoms with van der Waals surface area (Å²) in [5.41, 5.74) is 2.56. The lowest BCUT2D eigenvalue weighted by atomic mass is 10.1. The van der Waals surface area contributed by atoms with Crippen LogP contribution < -0.4 is 14.8 Å². The van der Waals surface area contributed by atoms with Crippen molar-refractivity contribution >= 4 is 5.91 Å². The number of ether oxygens (including phenoxy) is 2. The van der Waals surface area contributed by atoms with Crippen molar-refractivity contribution in [1.29, 1.82) is 0 Å². The Balaban J connectivity index is 1.94. The zero-order valence-electron chi connectivity index (χ0n) is 14.9. The monoisotopic (exact) mass is 331 g/mol. The molecular weight excluding hydrogens is 306 g/mol. The van der Waals surface area contributed by atoms with Crippen LogP contribution in [0.2, 0.25) is 0 Å². The van der Waals surface area contributed by atoms with Gasteiger partial charge in [-0.2, -0.15) is 5.10 Å². The van der Waals surface area contributed by atoms with Gasteiger partial charge in [0.15, 0.2) is 11.5 Å². The maximum atomic E-state index is 12.2. The Bertz CT molecular complexity index is 708. The van der Waals surface area contributed by atoms with Crippen LogP contribution in [0, 0.1) is 0 Å². The zero-order valence-corrected chi connectivity index (χ0v) is 14.9. The van der Waals surface area contributed by atoms with Crippen LogP contribution in [0.4, 0.5) is 0 Å². The summed E-state index contributed by atoms with van der Waals surface area (Å²) < 4.78 is 12.3. The van der Waals surface area contributed by atoms with Gasteiger partial charge in [0.1, 0.15) is 5.69 Å². The van der Waals surface area contributed by atoms with E-state index < -0.39 is 0 Å². The van der Waals surface area contributed by atoms with Gasteiger partial charge >= 0.3 is 0 Å². The average molecular weight is 331 g/mol. The Morgan fingerprint density at radius 1 is 1.21 bits per heavy atom. The number of amides is 1. The Morgan fingerprint density at radius 2 is 1.92 bits per heavy atom. The average Bonchev–Trinajstić information content (AvgIpc) is 2.96. The van der Waals surface area contributed by atoms with Crippen LogP contribution >= 0.6 is 0 Å². The van der Waals surface area contributed by atoms with Gasteiger partial charge in [0, 0.05) is 19.3 Å². The fraction of sp³-hybridized carbons (Fsp3) is 0.444. The van der Waals surface area contributed by atoms with E-state index in [1.165, 1.54) is 0 Å². The van der Waals surface area contributed by atoms with Gasteiger partial charge in [-0.1, -0.05) is 19.9 Å². The first kappa shape index (κ1) is 17.8. The van der Waals surface area contributed by atoms with Crippen LogP contribution in [0.1, 0.15) is 41.5 Å². The molecular formula is C18H25N3O3. The third-order valence-electron chi connectivity index (χ3n) is 3.89. The van der Waals surface area contributed by atoms with Gasteiger partial charge in [0.2, 0.25) is 0 Å². The molecule has 1 heterocycles. The molecule has 0 saturated heterocycles. The van der Waals surface area contributed by atoms with Crippen LogP contribution in [-0.2, 0) is 13.5 Å². The second-order valence-electron chi connectivity index (χ2n) is 5.93. The van der Waals surface area contributed by atoms with Crippen molar-refractivity contribution in [2.75, 3.05) is 20.8 Å². The van der Waals surface area contributed by atoms with E-state index in [0.717, 1.165) is 11.3 Å². The fourth-order valence-corrected chi connectivity index (χ4v) is 2.58. The van der Waals surface area contributed by atoms with Gasteiger partial charge in [0.05, 0.1) is 14.2 Å². The fourth-order valence-electron chi connectivity index (χ4n) is 2.58. The van der Waals surface area contributed by atoms with Crippen molar-refractivity contribution in [2.24, 2.45) is 7.05 Å². The number of aryl methyl sites for hydroxylation is 1. The van der Waals surface area contributed by atoms with Crippen LogP contribution in [0.15, 0.2) is 24.3 Å². The van der Waals surface area contributed by atoms with Crippen LogP contribution in [-0.4, -0.2) is 36.5 Å². The van der Waals surface area contributed by atoms with Gasteiger partial charge in [0.25, 0.3) is 5.91 Å². The molecule has 2 rings (SSSR count). The summed E-state index contributed by atoms with van der Waals surface area (Å²) in [6.45, 7) is 4.69. The van der Waals surface area contributed by atoms with Gasteiger partial charge in [-0.05, 0) is 36.1 Å². The highest BCUT2D eigenvalue weighted by atomic mass is 16.5. The SMILES string of the molecule is COc1ccc(CCNC(=O)c2cc(C(C)C)n(C)n2)cc1OC. The maximum absolute atomic E-state index is 12.2. The Morgan fingerprint density at radius 3 is 2.50 bits per heavy atom. The molecule has 1 N–H and O–H groups in total. The Hall–Kier alpha value is -2.50. The number of aromatic nitrogens is 2. The number of methoxy groups -OCH3 is 2. The highest BCUT2D eigenvalue weighted by Gasteiger charge is 2.14. The normalized spacial score (nSPS) is 10.8. The number of hydrogen-bond donors (Lipinski definition) is 1. The number of nitrogens with zero attached hydrogens (tertiary/aromatic N) is 2. The second kappa shape index (κ2) is 7.86. The first-order valence-electron chi connectivity index (χ1n) is 7.99. The molecule has 1 aromatic heterocycles. The van der Waals surface area contributed by atoms with E-state index in [1.54, 1.807) is 18.9 Å². The van der Waals surface area contributed by atoms with E-state index >= 15 is 0 Å². The van der Waals surface area contributed by atoms with Crippen molar-refractivity contribution in [1.82, 2.24) is 15.1 Å². The topological polar surface area (TPSA) is 65.4 Å². The van der Waals surface area contributed by atoms with E-state index in [1.807, 2.05) is 31.3 Å². The molecule has 0 atom stereocenters. The molecule has 24 heavy (non-hydrogen) atoms. The lowest BCUT2D eigenvalue weighted by Crippen LogP contribution is -2.26. The molecule has 0 aliphatic heterocycles. The van der Waals surface area contributed by atoms with Crippen molar-refractivity contribution < 1.29 is 14.3 Å². The van der Waals surface area contributed by atoms with Crippen LogP contribution in [0.3, 0.4) is 0 Å². The predicted molar refractivity (Wildman–Crippen MR) is 92.9 cm³/mol.